The SMILES string of the molecule is C=CCc1ccccc1OC1OC2COC(c3ccccc3OC)OC2C(OC(C)C(=O)O)C1NC(C)=O. The van der Waals surface area contributed by atoms with E-state index in [9.17, 15) is 14.7 Å². The van der Waals surface area contributed by atoms with Crippen LogP contribution in [0.5, 0.6) is 11.5 Å². The highest BCUT2D eigenvalue weighted by Gasteiger charge is 2.53. The zero-order valence-electron chi connectivity index (χ0n) is 21.6. The van der Waals surface area contributed by atoms with Gasteiger partial charge in [-0.3, -0.25) is 4.79 Å². The first-order valence-electron chi connectivity index (χ1n) is 12.4. The molecule has 0 aromatic heterocycles. The van der Waals surface area contributed by atoms with E-state index in [0.717, 1.165) is 5.56 Å². The van der Waals surface area contributed by atoms with Gasteiger partial charge in [0.25, 0.3) is 0 Å². The van der Waals surface area contributed by atoms with Gasteiger partial charge in [-0.2, -0.15) is 0 Å². The lowest BCUT2D eigenvalue weighted by Gasteiger charge is -2.49. The van der Waals surface area contributed by atoms with Crippen LogP contribution in [-0.2, 0) is 35.0 Å². The Labute approximate surface area is 221 Å². The molecule has 7 atom stereocenters. The van der Waals surface area contributed by atoms with Gasteiger partial charge in [-0.1, -0.05) is 42.5 Å². The van der Waals surface area contributed by atoms with Crippen LogP contribution >= 0.6 is 0 Å². The van der Waals surface area contributed by atoms with E-state index in [1.54, 1.807) is 25.3 Å². The smallest absolute Gasteiger partial charge is 0.332 e. The zero-order chi connectivity index (χ0) is 27.2. The maximum atomic E-state index is 12.3. The van der Waals surface area contributed by atoms with E-state index in [1.807, 2.05) is 36.4 Å². The van der Waals surface area contributed by atoms with Gasteiger partial charge in [-0.25, -0.2) is 4.79 Å². The van der Waals surface area contributed by atoms with Crippen LogP contribution in [0, 0.1) is 0 Å². The van der Waals surface area contributed by atoms with Crippen LogP contribution in [0.4, 0.5) is 0 Å². The van der Waals surface area contributed by atoms with Crippen molar-refractivity contribution in [3.05, 3.63) is 72.3 Å². The number of ether oxygens (including phenoxy) is 6. The van der Waals surface area contributed by atoms with Gasteiger partial charge in [0.05, 0.1) is 13.7 Å². The highest BCUT2D eigenvalue weighted by atomic mass is 16.8. The number of hydrogen-bond donors (Lipinski definition) is 2. The molecule has 10 nitrogen and oxygen atoms in total. The quantitative estimate of drug-likeness (QED) is 0.449. The summed E-state index contributed by atoms with van der Waals surface area (Å²) in [6.45, 7) is 6.68. The molecule has 0 aliphatic carbocycles. The van der Waals surface area contributed by atoms with Crippen molar-refractivity contribution in [3.63, 3.8) is 0 Å². The van der Waals surface area contributed by atoms with Gasteiger partial charge in [-0.15, -0.1) is 6.58 Å². The molecule has 2 aliphatic heterocycles. The maximum Gasteiger partial charge on any atom is 0.332 e. The number of aliphatic carboxylic acids is 1. The van der Waals surface area contributed by atoms with E-state index in [4.69, 9.17) is 28.4 Å². The number of para-hydroxylation sites is 2. The van der Waals surface area contributed by atoms with E-state index in [1.165, 1.54) is 13.8 Å². The number of rotatable bonds is 10. The van der Waals surface area contributed by atoms with E-state index in [-0.39, 0.29) is 12.5 Å². The fraction of sp³-hybridized carbons (Fsp3) is 0.429. The fourth-order valence-electron chi connectivity index (χ4n) is 4.60. The number of allylic oxidation sites excluding steroid dienone is 1. The van der Waals surface area contributed by atoms with Crippen LogP contribution in [0.2, 0.25) is 0 Å². The Hall–Kier alpha value is -3.44. The van der Waals surface area contributed by atoms with Gasteiger partial charge >= 0.3 is 5.97 Å². The molecule has 7 unspecified atom stereocenters. The molecular formula is C28H33NO9. The average molecular weight is 528 g/mol. The van der Waals surface area contributed by atoms with Crippen molar-refractivity contribution in [3.8, 4) is 11.5 Å². The van der Waals surface area contributed by atoms with Gasteiger partial charge in [0.1, 0.15) is 35.9 Å². The normalized spacial score (nSPS) is 27.4. The van der Waals surface area contributed by atoms with Gasteiger partial charge in [0, 0.05) is 12.5 Å². The standard InChI is InChI=1S/C28H33NO9/c1-5-10-18-11-6-8-13-20(18)36-28-23(29-17(3)30)25(35-16(2)26(31)32)24-22(37-28)15-34-27(38-24)19-12-7-9-14-21(19)33-4/h5-9,11-14,16,22-25,27-28H,1,10,15H2,2-4H3,(H,29,30)(H,31,32). The van der Waals surface area contributed by atoms with Crippen LogP contribution < -0.4 is 14.8 Å². The summed E-state index contributed by atoms with van der Waals surface area (Å²) >= 11 is 0. The predicted octanol–water partition coefficient (Wildman–Crippen LogP) is 3.00. The molecule has 0 spiro atoms. The number of amides is 1. The third kappa shape index (κ3) is 6.16. The van der Waals surface area contributed by atoms with Gasteiger partial charge in [0.15, 0.2) is 12.4 Å². The Morgan fingerprint density at radius 3 is 2.55 bits per heavy atom. The molecule has 2 N–H and O–H groups in total. The van der Waals surface area contributed by atoms with Crippen molar-refractivity contribution < 1.29 is 43.1 Å². The molecule has 4 rings (SSSR count). The molecule has 204 valence electrons. The highest BCUT2D eigenvalue weighted by molar-refractivity contribution is 5.73. The summed E-state index contributed by atoms with van der Waals surface area (Å²) in [7, 11) is 1.55. The number of carbonyl (C=O) groups excluding carboxylic acids is 1. The minimum atomic E-state index is -1.19. The second-order valence-corrected chi connectivity index (χ2v) is 9.08. The van der Waals surface area contributed by atoms with Crippen molar-refractivity contribution in [1.82, 2.24) is 5.32 Å². The van der Waals surface area contributed by atoms with E-state index >= 15 is 0 Å². The lowest BCUT2D eigenvalue weighted by molar-refractivity contribution is -0.340. The number of hydrogen-bond acceptors (Lipinski definition) is 8. The molecule has 2 saturated heterocycles. The molecule has 0 saturated carbocycles. The van der Waals surface area contributed by atoms with E-state index in [2.05, 4.69) is 11.9 Å². The number of carboxylic acids is 1. The lowest BCUT2D eigenvalue weighted by Crippen LogP contribution is -2.68. The number of fused-ring (bicyclic) bond motifs is 1. The van der Waals surface area contributed by atoms with Crippen LogP contribution in [-0.4, -0.2) is 67.4 Å². The average Bonchev–Trinajstić information content (AvgIpc) is 2.91. The minimum absolute atomic E-state index is 0.107. The minimum Gasteiger partial charge on any atom is -0.496 e. The van der Waals surface area contributed by atoms with Gasteiger partial charge in [-0.05, 0) is 31.0 Å². The lowest BCUT2D eigenvalue weighted by atomic mass is 9.94. The Morgan fingerprint density at radius 1 is 1.16 bits per heavy atom. The molecule has 2 heterocycles. The van der Waals surface area contributed by atoms with Crippen LogP contribution in [0.3, 0.4) is 0 Å². The zero-order valence-corrected chi connectivity index (χ0v) is 21.6. The maximum absolute atomic E-state index is 12.3. The summed E-state index contributed by atoms with van der Waals surface area (Å²) in [5.41, 5.74) is 1.53. The van der Waals surface area contributed by atoms with Crippen molar-refractivity contribution >= 4 is 11.9 Å². The molecule has 10 heteroatoms. The number of nitrogens with one attached hydrogen (secondary N) is 1. The molecule has 2 aromatic rings. The van der Waals surface area contributed by atoms with Crippen LogP contribution in [0.25, 0.3) is 0 Å². The number of benzene rings is 2. The van der Waals surface area contributed by atoms with Crippen LogP contribution in [0.15, 0.2) is 61.2 Å². The number of methoxy groups -OCH3 is 1. The largest absolute Gasteiger partial charge is 0.496 e. The topological polar surface area (TPSA) is 122 Å². The first-order valence-corrected chi connectivity index (χ1v) is 12.4. The molecule has 2 aromatic carbocycles. The molecular weight excluding hydrogens is 494 g/mol. The number of carbonyl (C=O) groups is 2. The molecule has 2 aliphatic rings. The van der Waals surface area contributed by atoms with Crippen molar-refractivity contribution in [2.45, 2.75) is 63.3 Å². The highest BCUT2D eigenvalue weighted by Crippen LogP contribution is 2.39. The van der Waals surface area contributed by atoms with Gasteiger partial charge in [0.2, 0.25) is 12.2 Å². The van der Waals surface area contributed by atoms with E-state index < -0.39 is 49.0 Å². The molecule has 38 heavy (non-hydrogen) atoms. The third-order valence-corrected chi connectivity index (χ3v) is 6.39. The Morgan fingerprint density at radius 2 is 1.87 bits per heavy atom. The van der Waals surface area contributed by atoms with E-state index in [0.29, 0.717) is 23.5 Å². The fourth-order valence-corrected chi connectivity index (χ4v) is 4.60. The summed E-state index contributed by atoms with van der Waals surface area (Å²) in [4.78, 5) is 24.0. The molecule has 0 radical (unpaired) electrons. The Bertz CT molecular complexity index is 1140. The first-order chi connectivity index (χ1) is 18.3. The van der Waals surface area contributed by atoms with Gasteiger partial charge < -0.3 is 38.8 Å². The molecule has 2 fully saturated rings. The summed E-state index contributed by atoms with van der Waals surface area (Å²) in [5.74, 6) is -0.407. The van der Waals surface area contributed by atoms with Crippen LogP contribution in [0.1, 0.15) is 31.3 Å². The third-order valence-electron chi connectivity index (χ3n) is 6.39. The Balaban J connectivity index is 1.68. The monoisotopic (exact) mass is 527 g/mol. The second-order valence-electron chi connectivity index (χ2n) is 9.08. The van der Waals surface area contributed by atoms with Crippen molar-refractivity contribution in [2.24, 2.45) is 0 Å². The van der Waals surface area contributed by atoms with Crippen molar-refractivity contribution in [2.75, 3.05) is 13.7 Å². The Kier molecular flexibility index (Phi) is 9.01. The summed E-state index contributed by atoms with van der Waals surface area (Å²) in [6.07, 6.45) is -3.14. The molecule has 1 amide bonds. The second kappa shape index (κ2) is 12.4. The summed E-state index contributed by atoms with van der Waals surface area (Å²) in [6, 6.07) is 13.8. The number of carboxylic acid groups (broad SMARTS) is 1. The first kappa shape index (κ1) is 27.6. The predicted molar refractivity (Wildman–Crippen MR) is 136 cm³/mol. The summed E-state index contributed by atoms with van der Waals surface area (Å²) < 4.78 is 36.4. The van der Waals surface area contributed by atoms with Crippen molar-refractivity contribution in [1.29, 1.82) is 0 Å². The summed E-state index contributed by atoms with van der Waals surface area (Å²) in [5, 5.41) is 12.4. The molecule has 0 bridgehead atoms.